The summed E-state index contributed by atoms with van der Waals surface area (Å²) >= 11 is 0. The fourth-order valence-electron chi connectivity index (χ4n) is 1.42. The Balaban J connectivity index is 3.63. The third-order valence-electron chi connectivity index (χ3n) is 2.55. The predicted molar refractivity (Wildman–Crippen MR) is 75.0 cm³/mol. The molecule has 0 unspecified atom stereocenters. The fourth-order valence-corrected chi connectivity index (χ4v) is 3.26. The molecule has 0 saturated carbocycles. The molecule has 0 radical (unpaired) electrons. The molecule has 0 aliphatic rings. The number of ether oxygens (including phenoxy) is 1. The van der Waals surface area contributed by atoms with E-state index in [0.29, 0.717) is 18.8 Å². The Bertz CT molecular complexity index is 264. The van der Waals surface area contributed by atoms with Crippen LogP contribution >= 0.6 is 0 Å². The van der Waals surface area contributed by atoms with Crippen LogP contribution in [0.5, 0.6) is 0 Å². The summed E-state index contributed by atoms with van der Waals surface area (Å²) in [6.07, 6.45) is 2.52. The molecule has 0 amide bonds. The minimum absolute atomic E-state index is 0.224. The van der Waals surface area contributed by atoms with E-state index in [4.69, 9.17) is 14.3 Å². The molecule has 0 aromatic carbocycles. The van der Waals surface area contributed by atoms with Gasteiger partial charge in [0.25, 0.3) is 0 Å². The van der Waals surface area contributed by atoms with E-state index in [2.05, 4.69) is 19.7 Å². The van der Waals surface area contributed by atoms with Crippen molar-refractivity contribution in [1.29, 1.82) is 0 Å². The lowest BCUT2D eigenvalue weighted by atomic mass is 10.3. The minimum Gasteiger partial charge on any atom is -0.462 e. The third-order valence-corrected chi connectivity index (χ3v) is 5.09. The lowest BCUT2D eigenvalue weighted by molar-refractivity contribution is -0.138. The molecule has 4 nitrogen and oxygen atoms in total. The first-order valence-corrected chi connectivity index (χ1v) is 9.58. The summed E-state index contributed by atoms with van der Waals surface area (Å²) in [5, 5.41) is 8.67. The van der Waals surface area contributed by atoms with Crippen LogP contribution in [0.2, 0.25) is 19.1 Å². The molecule has 0 aliphatic carbocycles. The SMILES string of the molecule is C=C(C)C(=O)OCCC[Si](C)(C)OCCCCO. The van der Waals surface area contributed by atoms with Gasteiger partial charge in [0.2, 0.25) is 0 Å². The van der Waals surface area contributed by atoms with Crippen molar-refractivity contribution in [2.45, 2.75) is 45.3 Å². The molecule has 0 rings (SSSR count). The molecule has 0 saturated heterocycles. The molecule has 0 aromatic heterocycles. The Morgan fingerprint density at radius 3 is 2.44 bits per heavy atom. The smallest absolute Gasteiger partial charge is 0.333 e. The zero-order valence-electron chi connectivity index (χ0n) is 11.8. The Labute approximate surface area is 111 Å². The highest BCUT2D eigenvalue weighted by atomic mass is 28.4. The number of hydrogen-bond donors (Lipinski definition) is 1. The van der Waals surface area contributed by atoms with E-state index < -0.39 is 8.32 Å². The van der Waals surface area contributed by atoms with Gasteiger partial charge in [-0.1, -0.05) is 6.58 Å². The molecule has 106 valence electrons. The Morgan fingerprint density at radius 2 is 1.89 bits per heavy atom. The van der Waals surface area contributed by atoms with Crippen molar-refractivity contribution >= 4 is 14.3 Å². The van der Waals surface area contributed by atoms with Gasteiger partial charge in [0, 0.05) is 18.8 Å². The summed E-state index contributed by atoms with van der Waals surface area (Å²) in [5.41, 5.74) is 0.437. The summed E-state index contributed by atoms with van der Waals surface area (Å²) < 4.78 is 10.9. The van der Waals surface area contributed by atoms with Gasteiger partial charge in [-0.25, -0.2) is 4.79 Å². The lowest BCUT2D eigenvalue weighted by Gasteiger charge is -2.22. The number of unbranched alkanes of at least 4 members (excludes halogenated alkanes) is 1. The molecule has 1 N–H and O–H groups in total. The van der Waals surface area contributed by atoms with E-state index in [1.807, 2.05) is 0 Å². The highest BCUT2D eigenvalue weighted by Crippen LogP contribution is 2.14. The molecular weight excluding hydrogens is 248 g/mol. The van der Waals surface area contributed by atoms with Gasteiger partial charge in [0.05, 0.1) is 6.61 Å². The number of aliphatic hydroxyl groups excluding tert-OH is 1. The van der Waals surface area contributed by atoms with E-state index >= 15 is 0 Å². The van der Waals surface area contributed by atoms with E-state index in [-0.39, 0.29) is 12.6 Å². The van der Waals surface area contributed by atoms with Crippen LogP contribution in [0.15, 0.2) is 12.2 Å². The van der Waals surface area contributed by atoms with Gasteiger partial charge in [-0.3, -0.25) is 0 Å². The maximum Gasteiger partial charge on any atom is 0.333 e. The number of carbonyl (C=O) groups excluding carboxylic acids is 1. The van der Waals surface area contributed by atoms with Crippen molar-refractivity contribution in [2.24, 2.45) is 0 Å². The van der Waals surface area contributed by atoms with Crippen LogP contribution in [-0.4, -0.2) is 39.2 Å². The van der Waals surface area contributed by atoms with Crippen LogP contribution in [0.1, 0.15) is 26.2 Å². The van der Waals surface area contributed by atoms with Crippen LogP contribution < -0.4 is 0 Å². The van der Waals surface area contributed by atoms with Gasteiger partial charge >= 0.3 is 5.97 Å². The van der Waals surface area contributed by atoms with Crippen molar-refractivity contribution in [3.63, 3.8) is 0 Å². The molecule has 0 fully saturated rings. The normalized spacial score (nSPS) is 11.3. The average molecular weight is 274 g/mol. The second-order valence-corrected chi connectivity index (χ2v) is 9.37. The van der Waals surface area contributed by atoms with Crippen LogP contribution in [0.25, 0.3) is 0 Å². The van der Waals surface area contributed by atoms with E-state index in [1.165, 1.54) is 0 Å². The van der Waals surface area contributed by atoms with E-state index in [1.54, 1.807) is 6.92 Å². The first kappa shape index (κ1) is 17.3. The number of rotatable bonds is 10. The van der Waals surface area contributed by atoms with Crippen molar-refractivity contribution in [3.8, 4) is 0 Å². The largest absolute Gasteiger partial charge is 0.462 e. The molecule has 0 aliphatic heterocycles. The van der Waals surface area contributed by atoms with Gasteiger partial charge < -0.3 is 14.3 Å². The molecule has 0 aromatic rings. The summed E-state index contributed by atoms with van der Waals surface area (Å²) in [6, 6.07) is 0.968. The van der Waals surface area contributed by atoms with Crippen molar-refractivity contribution < 1.29 is 19.1 Å². The molecular formula is C13H26O4Si. The Morgan fingerprint density at radius 1 is 1.22 bits per heavy atom. The average Bonchev–Trinajstić information content (AvgIpc) is 2.30. The van der Waals surface area contributed by atoms with Crippen molar-refractivity contribution in [1.82, 2.24) is 0 Å². The standard InChI is InChI=1S/C13H26O4Si/c1-12(2)13(15)16-9-7-11-18(3,4)17-10-6-5-8-14/h14H,1,5-11H2,2-4H3. The summed E-state index contributed by atoms with van der Waals surface area (Å²) in [7, 11) is -1.65. The molecule has 5 heteroatoms. The fraction of sp³-hybridized carbons (Fsp3) is 0.769. The van der Waals surface area contributed by atoms with Gasteiger partial charge in [0.1, 0.15) is 0 Å². The van der Waals surface area contributed by atoms with E-state index in [9.17, 15) is 4.79 Å². The topological polar surface area (TPSA) is 55.8 Å². The van der Waals surface area contributed by atoms with Crippen molar-refractivity contribution in [2.75, 3.05) is 19.8 Å². The van der Waals surface area contributed by atoms with Crippen LogP contribution in [0.3, 0.4) is 0 Å². The highest BCUT2D eigenvalue weighted by molar-refractivity contribution is 6.71. The summed E-state index contributed by atoms with van der Waals surface area (Å²) in [6.45, 7) is 10.9. The first-order valence-electron chi connectivity index (χ1n) is 6.46. The molecule has 0 atom stereocenters. The van der Waals surface area contributed by atoms with Crippen LogP contribution in [0.4, 0.5) is 0 Å². The minimum atomic E-state index is -1.65. The number of esters is 1. The number of aliphatic hydroxyl groups is 1. The second kappa shape index (κ2) is 9.30. The van der Waals surface area contributed by atoms with Gasteiger partial charge in [-0.15, -0.1) is 0 Å². The maximum absolute atomic E-state index is 11.1. The second-order valence-electron chi connectivity index (χ2n) is 5.06. The monoisotopic (exact) mass is 274 g/mol. The van der Waals surface area contributed by atoms with Crippen LogP contribution in [0, 0.1) is 0 Å². The summed E-state index contributed by atoms with van der Waals surface area (Å²) in [4.78, 5) is 11.1. The third kappa shape index (κ3) is 9.38. The van der Waals surface area contributed by atoms with Crippen molar-refractivity contribution in [3.05, 3.63) is 12.2 Å². The molecule has 0 heterocycles. The zero-order chi connectivity index (χ0) is 14.0. The van der Waals surface area contributed by atoms with Gasteiger partial charge in [-0.05, 0) is 45.3 Å². The number of carbonyl (C=O) groups is 1. The van der Waals surface area contributed by atoms with Gasteiger partial charge in [-0.2, -0.15) is 0 Å². The van der Waals surface area contributed by atoms with E-state index in [0.717, 1.165) is 25.3 Å². The Kier molecular flexibility index (Phi) is 8.96. The van der Waals surface area contributed by atoms with Crippen LogP contribution in [-0.2, 0) is 14.0 Å². The maximum atomic E-state index is 11.1. The van der Waals surface area contributed by atoms with Gasteiger partial charge in [0.15, 0.2) is 8.32 Å². The first-order chi connectivity index (χ1) is 8.39. The highest BCUT2D eigenvalue weighted by Gasteiger charge is 2.21. The zero-order valence-corrected chi connectivity index (χ0v) is 12.8. The Hall–Kier alpha value is -0.653. The molecule has 0 bridgehead atoms. The molecule has 0 spiro atoms. The lowest BCUT2D eigenvalue weighted by Crippen LogP contribution is -2.31. The summed E-state index contributed by atoms with van der Waals surface area (Å²) in [5.74, 6) is -0.321. The number of hydrogen-bond acceptors (Lipinski definition) is 4. The molecule has 18 heavy (non-hydrogen) atoms. The quantitative estimate of drug-likeness (QED) is 0.288. The predicted octanol–water partition coefficient (Wildman–Crippen LogP) is 2.49.